The number of nitrogens with one attached hydrogen (secondary N) is 1. The second-order valence-corrected chi connectivity index (χ2v) is 8.97. The van der Waals surface area contributed by atoms with Crippen LogP contribution in [0.25, 0.3) is 39.0 Å². The Morgan fingerprint density at radius 2 is 1.43 bits per heavy atom. The molecule has 1 N–H and O–H groups in total. The number of pyridine rings is 1. The molecule has 6 aromatic rings. The van der Waals surface area contributed by atoms with Crippen molar-refractivity contribution in [2.75, 3.05) is 5.43 Å². The molecule has 6 rings (SSSR count). The maximum Gasteiger partial charge on any atom is 0.147 e. The molecule has 0 atom stereocenters. The SMILES string of the molecule is Clc1ccc2nc(N/N=C\c3cn(-c4ccccc4)nc3-c3ccccc3)cc(-c3ccccc3)c2c1. The predicted octanol–water partition coefficient (Wildman–Crippen LogP) is 7.85. The smallest absolute Gasteiger partial charge is 0.147 e. The van der Waals surface area contributed by atoms with E-state index >= 15 is 0 Å². The van der Waals surface area contributed by atoms with Gasteiger partial charge in [0.05, 0.1) is 17.4 Å². The zero-order chi connectivity index (χ0) is 25.0. The second kappa shape index (κ2) is 10.1. The Balaban J connectivity index is 1.37. The minimum atomic E-state index is 0.640. The molecule has 2 heterocycles. The molecular formula is C31H22ClN5. The van der Waals surface area contributed by atoms with E-state index in [0.29, 0.717) is 10.8 Å². The second-order valence-electron chi connectivity index (χ2n) is 8.53. The van der Waals surface area contributed by atoms with Crippen molar-refractivity contribution in [3.8, 4) is 28.1 Å². The molecule has 0 spiro atoms. The van der Waals surface area contributed by atoms with E-state index in [4.69, 9.17) is 21.7 Å². The molecule has 0 saturated carbocycles. The lowest BCUT2D eigenvalue weighted by atomic mass is 10.0. The van der Waals surface area contributed by atoms with Crippen LogP contribution in [0.1, 0.15) is 5.56 Å². The van der Waals surface area contributed by atoms with Crippen LogP contribution >= 0.6 is 11.6 Å². The number of aromatic nitrogens is 3. The van der Waals surface area contributed by atoms with Gasteiger partial charge in [0.1, 0.15) is 11.5 Å². The molecule has 0 bridgehead atoms. The fourth-order valence-corrected chi connectivity index (χ4v) is 4.47. The number of hydrogen-bond acceptors (Lipinski definition) is 4. The summed E-state index contributed by atoms with van der Waals surface area (Å²) < 4.78 is 1.87. The average molecular weight is 500 g/mol. The number of halogens is 1. The molecule has 2 aromatic heterocycles. The van der Waals surface area contributed by atoms with Crippen LogP contribution in [0.15, 0.2) is 127 Å². The van der Waals surface area contributed by atoms with Crippen molar-refractivity contribution in [1.29, 1.82) is 0 Å². The van der Waals surface area contributed by atoms with Crippen LogP contribution in [0.2, 0.25) is 5.02 Å². The highest BCUT2D eigenvalue weighted by Gasteiger charge is 2.12. The third kappa shape index (κ3) is 4.85. The first-order valence-corrected chi connectivity index (χ1v) is 12.3. The molecule has 0 aliphatic carbocycles. The van der Waals surface area contributed by atoms with Crippen molar-refractivity contribution in [3.05, 3.63) is 132 Å². The van der Waals surface area contributed by atoms with Crippen molar-refractivity contribution in [1.82, 2.24) is 14.8 Å². The normalized spacial score (nSPS) is 11.3. The first-order chi connectivity index (χ1) is 18.2. The van der Waals surface area contributed by atoms with E-state index in [1.807, 2.05) is 114 Å². The lowest BCUT2D eigenvalue weighted by Gasteiger charge is -2.10. The van der Waals surface area contributed by atoms with Crippen LogP contribution in [0.4, 0.5) is 5.82 Å². The Hall–Kier alpha value is -4.74. The van der Waals surface area contributed by atoms with Crippen molar-refractivity contribution in [3.63, 3.8) is 0 Å². The molecule has 37 heavy (non-hydrogen) atoms. The Kier molecular flexibility index (Phi) is 6.19. The molecule has 5 nitrogen and oxygen atoms in total. The third-order valence-electron chi connectivity index (χ3n) is 6.05. The molecule has 0 aliphatic rings. The molecule has 0 saturated heterocycles. The zero-order valence-corrected chi connectivity index (χ0v) is 20.5. The van der Waals surface area contributed by atoms with E-state index in [0.717, 1.165) is 44.5 Å². The summed E-state index contributed by atoms with van der Waals surface area (Å²) in [6.07, 6.45) is 3.76. The molecule has 0 amide bonds. The van der Waals surface area contributed by atoms with Crippen molar-refractivity contribution in [2.24, 2.45) is 5.10 Å². The van der Waals surface area contributed by atoms with Crippen LogP contribution in [-0.4, -0.2) is 21.0 Å². The fourth-order valence-electron chi connectivity index (χ4n) is 4.29. The lowest BCUT2D eigenvalue weighted by molar-refractivity contribution is 0.884. The largest absolute Gasteiger partial charge is 0.261 e. The maximum atomic E-state index is 6.31. The van der Waals surface area contributed by atoms with Gasteiger partial charge in [-0.1, -0.05) is 90.5 Å². The van der Waals surface area contributed by atoms with Crippen LogP contribution < -0.4 is 5.43 Å². The van der Waals surface area contributed by atoms with Gasteiger partial charge in [-0.25, -0.2) is 9.67 Å². The van der Waals surface area contributed by atoms with E-state index < -0.39 is 0 Å². The maximum absolute atomic E-state index is 6.31. The van der Waals surface area contributed by atoms with Crippen LogP contribution in [0.3, 0.4) is 0 Å². The number of rotatable bonds is 6. The standard InChI is InChI=1S/C31H22ClN5/c32-25-16-17-29-28(18-25)27(22-10-4-1-5-11-22)19-30(34-29)35-33-20-24-21-37(26-14-8-3-9-15-26)36-31(24)23-12-6-2-7-13-23/h1-21H,(H,34,35)/b33-20-. The number of nitrogens with zero attached hydrogens (tertiary/aromatic N) is 4. The molecule has 0 unspecified atom stereocenters. The molecule has 6 heteroatoms. The topological polar surface area (TPSA) is 55.1 Å². The summed E-state index contributed by atoms with van der Waals surface area (Å²) >= 11 is 6.31. The summed E-state index contributed by atoms with van der Waals surface area (Å²) in [7, 11) is 0. The van der Waals surface area contributed by atoms with Crippen molar-refractivity contribution < 1.29 is 0 Å². The zero-order valence-electron chi connectivity index (χ0n) is 19.8. The number of anilines is 1. The quantitative estimate of drug-likeness (QED) is 0.187. The van der Waals surface area contributed by atoms with Gasteiger partial charge in [0, 0.05) is 27.7 Å². The molecule has 4 aromatic carbocycles. The van der Waals surface area contributed by atoms with E-state index in [1.165, 1.54) is 0 Å². The average Bonchev–Trinajstić information content (AvgIpc) is 3.38. The van der Waals surface area contributed by atoms with Gasteiger partial charge >= 0.3 is 0 Å². The highest BCUT2D eigenvalue weighted by molar-refractivity contribution is 6.31. The van der Waals surface area contributed by atoms with E-state index in [-0.39, 0.29) is 0 Å². The Morgan fingerprint density at radius 1 is 0.757 bits per heavy atom. The predicted molar refractivity (Wildman–Crippen MR) is 152 cm³/mol. The monoisotopic (exact) mass is 499 g/mol. The van der Waals surface area contributed by atoms with Gasteiger partial charge < -0.3 is 0 Å². The van der Waals surface area contributed by atoms with Gasteiger partial charge in [0.2, 0.25) is 0 Å². The molecule has 0 fully saturated rings. The number of hydrogen-bond donors (Lipinski definition) is 1. The molecule has 178 valence electrons. The Morgan fingerprint density at radius 3 is 2.16 bits per heavy atom. The summed E-state index contributed by atoms with van der Waals surface area (Å²) in [6.45, 7) is 0. The van der Waals surface area contributed by atoms with Gasteiger partial charge in [-0.2, -0.15) is 10.2 Å². The number of hydrazone groups is 1. The molecule has 0 radical (unpaired) electrons. The van der Waals surface area contributed by atoms with Gasteiger partial charge in [-0.05, 0) is 47.5 Å². The van der Waals surface area contributed by atoms with Gasteiger partial charge in [0.25, 0.3) is 0 Å². The van der Waals surface area contributed by atoms with Crippen molar-refractivity contribution in [2.45, 2.75) is 0 Å². The summed E-state index contributed by atoms with van der Waals surface area (Å²) in [5.41, 5.74) is 9.82. The lowest BCUT2D eigenvalue weighted by Crippen LogP contribution is -1.96. The third-order valence-corrected chi connectivity index (χ3v) is 6.28. The Bertz CT molecular complexity index is 1690. The molecular weight excluding hydrogens is 478 g/mol. The summed E-state index contributed by atoms with van der Waals surface area (Å²) in [6, 6.07) is 38.1. The summed E-state index contributed by atoms with van der Waals surface area (Å²) in [4.78, 5) is 4.76. The number of benzene rings is 4. The highest BCUT2D eigenvalue weighted by atomic mass is 35.5. The molecule has 0 aliphatic heterocycles. The van der Waals surface area contributed by atoms with E-state index in [1.54, 1.807) is 6.21 Å². The van der Waals surface area contributed by atoms with Crippen LogP contribution in [0.5, 0.6) is 0 Å². The van der Waals surface area contributed by atoms with Crippen LogP contribution in [0, 0.1) is 0 Å². The van der Waals surface area contributed by atoms with Gasteiger partial charge in [0.15, 0.2) is 0 Å². The van der Waals surface area contributed by atoms with E-state index in [2.05, 4.69) is 22.7 Å². The highest BCUT2D eigenvalue weighted by Crippen LogP contribution is 2.32. The van der Waals surface area contributed by atoms with Crippen LogP contribution in [-0.2, 0) is 0 Å². The van der Waals surface area contributed by atoms with Gasteiger partial charge in [-0.15, -0.1) is 0 Å². The Labute approximate surface area is 219 Å². The first kappa shape index (κ1) is 22.7. The van der Waals surface area contributed by atoms with E-state index in [9.17, 15) is 0 Å². The minimum Gasteiger partial charge on any atom is -0.261 e. The minimum absolute atomic E-state index is 0.640. The number of fused-ring (bicyclic) bond motifs is 1. The first-order valence-electron chi connectivity index (χ1n) is 11.9. The summed E-state index contributed by atoms with van der Waals surface area (Å²) in [5.74, 6) is 0.640. The number of para-hydroxylation sites is 1. The van der Waals surface area contributed by atoms with Crippen molar-refractivity contribution >= 4 is 34.5 Å². The van der Waals surface area contributed by atoms with Gasteiger partial charge in [-0.3, -0.25) is 5.43 Å². The fraction of sp³-hybridized carbons (Fsp3) is 0. The summed E-state index contributed by atoms with van der Waals surface area (Å²) in [5, 5.41) is 11.1.